The normalized spacial score (nSPS) is 14.2. The van der Waals surface area contributed by atoms with E-state index in [4.69, 9.17) is 4.99 Å². The molecule has 0 amide bonds. The summed E-state index contributed by atoms with van der Waals surface area (Å²) in [4.78, 5) is 6.96. The highest BCUT2D eigenvalue weighted by atomic mass is 32.2. The molecule has 1 nitrogen and oxygen atoms in total. The number of thioether (sulfide) groups is 3. The minimum atomic E-state index is -0.238. The lowest BCUT2D eigenvalue weighted by Gasteiger charge is -2.18. The average Bonchev–Trinajstić information content (AvgIpc) is 3.60. The van der Waals surface area contributed by atoms with Crippen LogP contribution >= 0.6 is 35.3 Å². The summed E-state index contributed by atoms with van der Waals surface area (Å²) in [6, 6.07) is 23.2. The topological polar surface area (TPSA) is 12.4 Å². The first-order chi connectivity index (χ1) is 15.1. The van der Waals surface area contributed by atoms with Crippen LogP contribution in [0.5, 0.6) is 0 Å². The van der Waals surface area contributed by atoms with Crippen molar-refractivity contribution in [1.29, 1.82) is 0 Å². The zero-order valence-electron chi connectivity index (χ0n) is 16.9. The molecule has 1 saturated carbocycles. The highest BCUT2D eigenvalue weighted by molar-refractivity contribution is 8.17. The molecule has 1 fully saturated rings. The van der Waals surface area contributed by atoms with Gasteiger partial charge in [-0.25, -0.2) is 13.8 Å². The van der Waals surface area contributed by atoms with Crippen molar-refractivity contribution in [2.45, 2.75) is 33.6 Å². The van der Waals surface area contributed by atoms with E-state index in [-0.39, 0.29) is 16.2 Å². The molecule has 0 atom stereocenters. The third-order valence-electron chi connectivity index (χ3n) is 4.70. The van der Waals surface area contributed by atoms with Crippen LogP contribution in [-0.4, -0.2) is 15.4 Å². The summed E-state index contributed by atoms with van der Waals surface area (Å²) in [5, 5.41) is 1.10. The highest BCUT2D eigenvalue weighted by Gasteiger charge is 2.23. The van der Waals surface area contributed by atoms with Crippen molar-refractivity contribution in [2.24, 2.45) is 10.9 Å². The van der Waals surface area contributed by atoms with Crippen LogP contribution in [-0.2, 0) is 0 Å². The number of benzene rings is 3. The first kappa shape index (κ1) is 22.4. The second kappa shape index (κ2) is 11.2. The van der Waals surface area contributed by atoms with Gasteiger partial charge in [-0.15, -0.1) is 35.3 Å². The third kappa shape index (κ3) is 7.70. The molecule has 0 bridgehead atoms. The Hall–Kier alpha value is -1.76. The molecule has 3 aromatic carbocycles. The minimum absolute atomic E-state index is 0.130. The lowest BCUT2D eigenvalue weighted by Crippen LogP contribution is -2.06. The maximum Gasteiger partial charge on any atom is 0.123 e. The van der Waals surface area contributed by atoms with Gasteiger partial charge in [0.1, 0.15) is 11.6 Å². The molecule has 1 aliphatic carbocycles. The van der Waals surface area contributed by atoms with Gasteiger partial charge in [0.2, 0.25) is 0 Å². The molecule has 31 heavy (non-hydrogen) atoms. The summed E-state index contributed by atoms with van der Waals surface area (Å²) in [7, 11) is 0. The van der Waals surface area contributed by atoms with E-state index in [0.29, 0.717) is 0 Å². The van der Waals surface area contributed by atoms with Crippen molar-refractivity contribution >= 4 is 46.0 Å². The number of hydrogen-bond acceptors (Lipinski definition) is 4. The van der Waals surface area contributed by atoms with Crippen molar-refractivity contribution in [3.8, 4) is 0 Å². The number of para-hydroxylation sites is 1. The van der Waals surface area contributed by atoms with Crippen LogP contribution in [0.4, 0.5) is 14.5 Å². The van der Waals surface area contributed by atoms with E-state index >= 15 is 0 Å². The molecule has 0 radical (unpaired) electrons. The summed E-state index contributed by atoms with van der Waals surface area (Å²) in [6.07, 6.45) is 3.39. The predicted octanol–water partition coefficient (Wildman–Crippen LogP) is 8.44. The zero-order valence-corrected chi connectivity index (χ0v) is 19.4. The molecule has 0 N–H and O–H groups in total. The molecule has 0 spiro atoms. The minimum Gasteiger partial charge on any atom is -0.247 e. The number of nitrogens with zero attached hydrogens (tertiary/aromatic N) is 1. The van der Waals surface area contributed by atoms with Gasteiger partial charge in [0.15, 0.2) is 0 Å². The number of rotatable bonds is 9. The van der Waals surface area contributed by atoms with Crippen LogP contribution in [0.2, 0.25) is 0 Å². The quantitative estimate of drug-likeness (QED) is 0.134. The van der Waals surface area contributed by atoms with Gasteiger partial charge in [0.25, 0.3) is 0 Å². The maximum absolute atomic E-state index is 13.4. The van der Waals surface area contributed by atoms with Crippen LogP contribution < -0.4 is 0 Å². The zero-order chi connectivity index (χ0) is 21.5. The van der Waals surface area contributed by atoms with Crippen LogP contribution in [0.3, 0.4) is 0 Å². The Bertz CT molecular complexity index is 940. The second-order valence-electron chi connectivity index (χ2n) is 7.37. The summed E-state index contributed by atoms with van der Waals surface area (Å²) >= 11 is 5.23. The van der Waals surface area contributed by atoms with Gasteiger partial charge < -0.3 is 0 Å². The van der Waals surface area contributed by atoms with Gasteiger partial charge in [0, 0.05) is 22.0 Å². The standard InChI is InChI=1S/C25H23F2NS3/c26-19-8-12-22(13-9-19)30-25(31-23-14-10-20(27)11-15-23)16-24(29-17-18-6-7-18)28-21-4-2-1-3-5-21/h1-5,8-15,18,25H,6-7,16-17H2. The van der Waals surface area contributed by atoms with Crippen molar-refractivity contribution in [3.63, 3.8) is 0 Å². The number of halogens is 2. The smallest absolute Gasteiger partial charge is 0.123 e. The molecule has 0 unspecified atom stereocenters. The Balaban J connectivity index is 1.54. The first-order valence-corrected chi connectivity index (χ1v) is 13.0. The molecule has 0 aromatic heterocycles. The van der Waals surface area contributed by atoms with E-state index in [1.165, 1.54) is 37.1 Å². The van der Waals surface area contributed by atoms with Crippen molar-refractivity contribution in [3.05, 3.63) is 90.5 Å². The summed E-state index contributed by atoms with van der Waals surface area (Å²) in [6.45, 7) is 0. The van der Waals surface area contributed by atoms with E-state index in [1.54, 1.807) is 23.5 Å². The van der Waals surface area contributed by atoms with E-state index < -0.39 is 0 Å². The van der Waals surface area contributed by atoms with Gasteiger partial charge in [-0.2, -0.15) is 0 Å². The fourth-order valence-corrected chi connectivity index (χ4v) is 6.82. The third-order valence-corrected chi connectivity index (χ3v) is 8.45. The van der Waals surface area contributed by atoms with Gasteiger partial charge in [0.05, 0.1) is 15.3 Å². The molecule has 0 saturated heterocycles. The van der Waals surface area contributed by atoms with E-state index in [2.05, 4.69) is 0 Å². The predicted molar refractivity (Wildman–Crippen MR) is 132 cm³/mol. The fraction of sp³-hybridized carbons (Fsp3) is 0.240. The Morgan fingerprint density at radius 2 is 1.35 bits per heavy atom. The SMILES string of the molecule is Fc1ccc(SC(CC(=Nc2ccccc2)SCC2CC2)Sc2ccc(F)cc2)cc1. The van der Waals surface area contributed by atoms with Crippen molar-refractivity contribution in [1.82, 2.24) is 0 Å². The van der Waals surface area contributed by atoms with E-state index in [1.807, 2.05) is 66.4 Å². The van der Waals surface area contributed by atoms with Crippen LogP contribution in [0.1, 0.15) is 19.3 Å². The van der Waals surface area contributed by atoms with Gasteiger partial charge in [-0.3, -0.25) is 0 Å². The van der Waals surface area contributed by atoms with Gasteiger partial charge >= 0.3 is 0 Å². The monoisotopic (exact) mass is 471 g/mol. The van der Waals surface area contributed by atoms with Crippen LogP contribution in [0.25, 0.3) is 0 Å². The molecular formula is C25H23F2NS3. The Labute approximate surface area is 195 Å². The lowest BCUT2D eigenvalue weighted by molar-refractivity contribution is 0.626. The van der Waals surface area contributed by atoms with Crippen molar-refractivity contribution < 1.29 is 8.78 Å². The Morgan fingerprint density at radius 3 is 1.87 bits per heavy atom. The summed E-state index contributed by atoms with van der Waals surface area (Å²) in [5.74, 6) is 1.43. The summed E-state index contributed by atoms with van der Waals surface area (Å²) < 4.78 is 26.9. The van der Waals surface area contributed by atoms with Gasteiger partial charge in [-0.1, -0.05) is 18.2 Å². The fourth-order valence-electron chi connectivity index (χ4n) is 2.86. The highest BCUT2D eigenvalue weighted by Crippen LogP contribution is 2.40. The maximum atomic E-state index is 13.4. The van der Waals surface area contributed by atoms with Crippen LogP contribution in [0.15, 0.2) is 93.6 Å². The lowest BCUT2D eigenvalue weighted by atomic mass is 10.3. The summed E-state index contributed by atoms with van der Waals surface area (Å²) in [5.41, 5.74) is 0.957. The van der Waals surface area contributed by atoms with Gasteiger partial charge in [-0.05, 0) is 79.4 Å². The number of hydrogen-bond donors (Lipinski definition) is 0. The molecule has 0 aliphatic heterocycles. The molecule has 0 heterocycles. The molecule has 3 aromatic rings. The van der Waals surface area contributed by atoms with Crippen LogP contribution in [0, 0.1) is 17.6 Å². The second-order valence-corrected chi connectivity index (χ2v) is 11.3. The Morgan fingerprint density at radius 1 is 0.806 bits per heavy atom. The van der Waals surface area contributed by atoms with E-state index in [0.717, 1.165) is 38.6 Å². The molecule has 1 aliphatic rings. The number of aliphatic imine (C=N–C) groups is 1. The van der Waals surface area contributed by atoms with Crippen molar-refractivity contribution in [2.75, 3.05) is 5.75 Å². The Kier molecular flexibility index (Phi) is 8.11. The molecule has 4 rings (SSSR count). The molecular weight excluding hydrogens is 448 g/mol. The largest absolute Gasteiger partial charge is 0.247 e. The average molecular weight is 472 g/mol. The molecule has 6 heteroatoms. The molecule has 160 valence electrons. The first-order valence-electron chi connectivity index (χ1n) is 10.2. The van der Waals surface area contributed by atoms with E-state index in [9.17, 15) is 8.78 Å².